The van der Waals surface area contributed by atoms with Gasteiger partial charge in [-0.2, -0.15) is 0 Å². The third kappa shape index (κ3) is 2.87. The van der Waals surface area contributed by atoms with E-state index < -0.39 is 0 Å². The van der Waals surface area contributed by atoms with E-state index in [1.807, 2.05) is 5.38 Å². The van der Waals surface area contributed by atoms with Crippen molar-refractivity contribution in [3.05, 3.63) is 40.3 Å². The lowest BCUT2D eigenvalue weighted by atomic mass is 10.1. The molecule has 0 aliphatic carbocycles. The summed E-state index contributed by atoms with van der Waals surface area (Å²) in [6.07, 6.45) is 0. The van der Waals surface area contributed by atoms with Gasteiger partial charge in [0.05, 0.1) is 18.3 Å². The van der Waals surface area contributed by atoms with E-state index in [0.29, 0.717) is 23.7 Å². The highest BCUT2D eigenvalue weighted by molar-refractivity contribution is 7.07. The first kappa shape index (κ1) is 12.6. The Labute approximate surface area is 109 Å². The number of aromatic nitrogens is 1. The Morgan fingerprint density at radius 3 is 2.83 bits per heavy atom. The maximum atomic E-state index is 11.3. The molecule has 1 aromatic carbocycles. The fraction of sp³-hybridized carbons (Fsp3) is 0.231. The quantitative estimate of drug-likeness (QED) is 0.778. The van der Waals surface area contributed by atoms with E-state index in [2.05, 4.69) is 4.98 Å². The first-order chi connectivity index (χ1) is 8.70. The van der Waals surface area contributed by atoms with Gasteiger partial charge in [0, 0.05) is 10.9 Å². The molecule has 0 aliphatic heterocycles. The van der Waals surface area contributed by atoms with E-state index in [-0.39, 0.29) is 5.78 Å². The van der Waals surface area contributed by atoms with Crippen LogP contribution >= 0.6 is 11.3 Å². The summed E-state index contributed by atoms with van der Waals surface area (Å²) in [4.78, 5) is 15.4. The molecule has 5 heteroatoms. The average Bonchev–Trinajstić information content (AvgIpc) is 2.89. The van der Waals surface area contributed by atoms with Crippen LogP contribution in [0.25, 0.3) is 0 Å². The third-order valence-corrected chi connectivity index (χ3v) is 3.06. The molecular formula is C13H13NO3S. The van der Waals surface area contributed by atoms with Gasteiger partial charge in [0.25, 0.3) is 0 Å². The lowest BCUT2D eigenvalue weighted by molar-refractivity contribution is 0.101. The second-order valence-corrected chi connectivity index (χ2v) is 4.41. The highest BCUT2D eigenvalue weighted by atomic mass is 32.1. The molecule has 0 spiro atoms. The molecule has 0 aliphatic rings. The Bertz CT molecular complexity index is 537. The van der Waals surface area contributed by atoms with Crippen molar-refractivity contribution in [2.24, 2.45) is 0 Å². The molecule has 0 saturated carbocycles. The number of nitrogens with zero attached hydrogens (tertiary/aromatic N) is 1. The number of rotatable bonds is 5. The number of ketones is 1. The predicted molar refractivity (Wildman–Crippen MR) is 69.4 cm³/mol. The highest BCUT2D eigenvalue weighted by Crippen LogP contribution is 2.28. The Morgan fingerprint density at radius 2 is 2.22 bits per heavy atom. The molecule has 0 radical (unpaired) electrons. The summed E-state index contributed by atoms with van der Waals surface area (Å²) in [7, 11) is 1.55. The van der Waals surface area contributed by atoms with Gasteiger partial charge < -0.3 is 9.47 Å². The van der Waals surface area contributed by atoms with Gasteiger partial charge in [-0.1, -0.05) is 0 Å². The van der Waals surface area contributed by atoms with Crippen LogP contribution in [-0.4, -0.2) is 17.9 Å². The second kappa shape index (κ2) is 5.64. The molecule has 0 amide bonds. The van der Waals surface area contributed by atoms with E-state index in [9.17, 15) is 4.79 Å². The maximum Gasteiger partial charge on any atom is 0.161 e. The molecule has 0 fully saturated rings. The van der Waals surface area contributed by atoms with Gasteiger partial charge >= 0.3 is 0 Å². The first-order valence-electron chi connectivity index (χ1n) is 5.39. The van der Waals surface area contributed by atoms with E-state index >= 15 is 0 Å². The molecule has 18 heavy (non-hydrogen) atoms. The predicted octanol–water partition coefficient (Wildman–Crippen LogP) is 2.93. The molecule has 0 N–H and O–H groups in total. The second-order valence-electron chi connectivity index (χ2n) is 3.69. The highest BCUT2D eigenvalue weighted by Gasteiger charge is 2.08. The number of thiazole rings is 1. The summed E-state index contributed by atoms with van der Waals surface area (Å²) in [5, 5.41) is 1.93. The molecule has 1 aromatic heterocycles. The standard InChI is InChI=1S/C13H13NO3S/c1-9(15)10-3-4-12(13(5-10)16-2)17-6-11-7-18-8-14-11/h3-5,7-8H,6H2,1-2H3. The number of ether oxygens (including phenoxy) is 2. The number of Topliss-reactive ketones (excluding diaryl/α,β-unsaturated/α-hetero) is 1. The summed E-state index contributed by atoms with van der Waals surface area (Å²) < 4.78 is 10.8. The lowest BCUT2D eigenvalue weighted by Crippen LogP contribution is -2.00. The largest absolute Gasteiger partial charge is 0.493 e. The fourth-order valence-electron chi connectivity index (χ4n) is 1.47. The Kier molecular flexibility index (Phi) is 3.94. The van der Waals surface area contributed by atoms with Gasteiger partial charge in [-0.15, -0.1) is 11.3 Å². The van der Waals surface area contributed by atoms with Crippen molar-refractivity contribution in [1.29, 1.82) is 0 Å². The molecule has 94 valence electrons. The summed E-state index contributed by atoms with van der Waals surface area (Å²) in [5.74, 6) is 1.16. The minimum atomic E-state index is -0.000601. The summed E-state index contributed by atoms with van der Waals surface area (Å²) in [6.45, 7) is 1.91. The summed E-state index contributed by atoms with van der Waals surface area (Å²) in [6, 6.07) is 5.14. The van der Waals surface area contributed by atoms with Gasteiger partial charge in [0.2, 0.25) is 0 Å². The van der Waals surface area contributed by atoms with Crippen molar-refractivity contribution in [3.8, 4) is 11.5 Å². The third-order valence-electron chi connectivity index (χ3n) is 2.43. The normalized spacial score (nSPS) is 10.1. The van der Waals surface area contributed by atoms with E-state index in [0.717, 1.165) is 5.69 Å². The minimum Gasteiger partial charge on any atom is -0.493 e. The average molecular weight is 263 g/mol. The van der Waals surface area contributed by atoms with Crippen LogP contribution in [0.1, 0.15) is 23.0 Å². The number of hydrogen-bond acceptors (Lipinski definition) is 5. The molecule has 0 atom stereocenters. The van der Waals surface area contributed by atoms with Crippen molar-refractivity contribution in [1.82, 2.24) is 4.98 Å². The molecule has 1 heterocycles. The summed E-state index contributed by atoms with van der Waals surface area (Å²) in [5.41, 5.74) is 3.24. The number of carbonyl (C=O) groups is 1. The smallest absolute Gasteiger partial charge is 0.161 e. The van der Waals surface area contributed by atoms with Crippen molar-refractivity contribution >= 4 is 17.1 Å². The Balaban J connectivity index is 2.14. The van der Waals surface area contributed by atoms with Crippen LogP contribution in [0, 0.1) is 0 Å². The lowest BCUT2D eigenvalue weighted by Gasteiger charge is -2.10. The minimum absolute atomic E-state index is 0.000601. The molecule has 0 saturated heterocycles. The van der Waals surface area contributed by atoms with E-state index in [4.69, 9.17) is 9.47 Å². The molecular weight excluding hydrogens is 250 g/mol. The zero-order valence-corrected chi connectivity index (χ0v) is 11.0. The molecule has 0 bridgehead atoms. The van der Waals surface area contributed by atoms with Gasteiger partial charge in [-0.3, -0.25) is 4.79 Å². The topological polar surface area (TPSA) is 48.4 Å². The van der Waals surface area contributed by atoms with Crippen LogP contribution in [0.5, 0.6) is 11.5 Å². The molecule has 0 unspecified atom stereocenters. The van der Waals surface area contributed by atoms with Gasteiger partial charge in [-0.25, -0.2) is 4.98 Å². The Morgan fingerprint density at radius 1 is 1.39 bits per heavy atom. The monoisotopic (exact) mass is 263 g/mol. The van der Waals surface area contributed by atoms with Crippen LogP contribution in [-0.2, 0) is 6.61 Å². The maximum absolute atomic E-state index is 11.3. The summed E-state index contributed by atoms with van der Waals surface area (Å²) >= 11 is 1.52. The van der Waals surface area contributed by atoms with E-state index in [1.54, 1.807) is 30.8 Å². The van der Waals surface area contributed by atoms with Gasteiger partial charge in [0.15, 0.2) is 17.3 Å². The number of methoxy groups -OCH3 is 1. The molecule has 2 aromatic rings. The molecule has 4 nitrogen and oxygen atoms in total. The van der Waals surface area contributed by atoms with Crippen molar-refractivity contribution in [2.75, 3.05) is 7.11 Å². The van der Waals surface area contributed by atoms with Crippen LogP contribution in [0.4, 0.5) is 0 Å². The van der Waals surface area contributed by atoms with Crippen LogP contribution in [0.3, 0.4) is 0 Å². The zero-order chi connectivity index (χ0) is 13.0. The SMILES string of the molecule is COc1cc(C(C)=O)ccc1OCc1cscn1. The molecule has 2 rings (SSSR count). The van der Waals surface area contributed by atoms with Crippen LogP contribution < -0.4 is 9.47 Å². The van der Waals surface area contributed by atoms with Crippen LogP contribution in [0.2, 0.25) is 0 Å². The van der Waals surface area contributed by atoms with Crippen LogP contribution in [0.15, 0.2) is 29.1 Å². The van der Waals surface area contributed by atoms with Gasteiger partial charge in [-0.05, 0) is 25.1 Å². The Hall–Kier alpha value is -1.88. The number of carbonyl (C=O) groups excluding carboxylic acids is 1. The van der Waals surface area contributed by atoms with E-state index in [1.165, 1.54) is 18.3 Å². The zero-order valence-electron chi connectivity index (χ0n) is 10.2. The first-order valence-corrected chi connectivity index (χ1v) is 6.34. The van der Waals surface area contributed by atoms with Crippen molar-refractivity contribution < 1.29 is 14.3 Å². The number of hydrogen-bond donors (Lipinski definition) is 0. The van der Waals surface area contributed by atoms with Crippen molar-refractivity contribution in [3.63, 3.8) is 0 Å². The fourth-order valence-corrected chi connectivity index (χ4v) is 2.01. The van der Waals surface area contributed by atoms with Crippen molar-refractivity contribution in [2.45, 2.75) is 13.5 Å². The van der Waals surface area contributed by atoms with Gasteiger partial charge in [0.1, 0.15) is 6.61 Å². The number of benzene rings is 1.